The number of unbranched alkanes of at least 4 members (excludes halogenated alkanes) is 1. The molecule has 16 heavy (non-hydrogen) atoms. The van der Waals surface area contributed by atoms with E-state index < -0.39 is 0 Å². The van der Waals surface area contributed by atoms with E-state index in [1.165, 1.54) is 26.4 Å². The van der Waals surface area contributed by atoms with Crippen LogP contribution < -0.4 is 0 Å². The zero-order valence-electron chi connectivity index (χ0n) is 11.1. The molecule has 0 aromatic carbocycles. The van der Waals surface area contributed by atoms with Crippen molar-refractivity contribution in [1.82, 2.24) is 0 Å². The van der Waals surface area contributed by atoms with Gasteiger partial charge in [0.05, 0.1) is 19.6 Å². The van der Waals surface area contributed by atoms with Gasteiger partial charge in [0.2, 0.25) is 0 Å². The van der Waals surface area contributed by atoms with E-state index in [9.17, 15) is 4.79 Å². The summed E-state index contributed by atoms with van der Waals surface area (Å²) < 4.78 is 10.1. The van der Waals surface area contributed by atoms with Crippen molar-refractivity contribution in [3.8, 4) is 0 Å². The maximum atomic E-state index is 11.5. The van der Waals surface area contributed by atoms with Crippen LogP contribution in [0.5, 0.6) is 0 Å². The molecular formula is C13H26O3. The molecule has 3 nitrogen and oxygen atoms in total. The molecule has 0 aliphatic rings. The summed E-state index contributed by atoms with van der Waals surface area (Å²) in [5.41, 5.74) is 0. The predicted molar refractivity (Wildman–Crippen MR) is 65.3 cm³/mol. The van der Waals surface area contributed by atoms with Crippen molar-refractivity contribution in [2.75, 3.05) is 20.3 Å². The van der Waals surface area contributed by atoms with Gasteiger partial charge in [0.25, 0.3) is 0 Å². The first-order valence-corrected chi connectivity index (χ1v) is 6.31. The molecule has 0 saturated heterocycles. The second-order valence-electron chi connectivity index (χ2n) is 4.36. The number of carbonyl (C=O) groups excluding carboxylic acids is 1. The molecule has 0 spiro atoms. The van der Waals surface area contributed by atoms with Crippen molar-refractivity contribution in [2.24, 2.45) is 11.8 Å². The van der Waals surface area contributed by atoms with Gasteiger partial charge in [-0.3, -0.25) is 4.79 Å². The minimum Gasteiger partial charge on any atom is -0.469 e. The molecule has 0 saturated carbocycles. The quantitative estimate of drug-likeness (QED) is 0.571. The van der Waals surface area contributed by atoms with E-state index in [1.807, 2.05) is 6.92 Å². The standard InChI is InChI=1S/C13H26O3/c1-5-7-8-11(3)9-12(10-16-6-2)13(14)15-4/h11-12H,5-10H2,1-4H3. The Hall–Kier alpha value is -0.570. The zero-order valence-corrected chi connectivity index (χ0v) is 11.1. The van der Waals surface area contributed by atoms with Gasteiger partial charge in [0.1, 0.15) is 0 Å². The molecule has 0 aromatic heterocycles. The Labute approximate surface area is 99.5 Å². The van der Waals surface area contributed by atoms with Crippen LogP contribution >= 0.6 is 0 Å². The maximum Gasteiger partial charge on any atom is 0.311 e. The van der Waals surface area contributed by atoms with Crippen LogP contribution in [0.4, 0.5) is 0 Å². The van der Waals surface area contributed by atoms with E-state index in [0.29, 0.717) is 19.1 Å². The Morgan fingerprint density at radius 2 is 2.00 bits per heavy atom. The summed E-state index contributed by atoms with van der Waals surface area (Å²) in [6.07, 6.45) is 4.48. The highest BCUT2D eigenvalue weighted by atomic mass is 16.5. The summed E-state index contributed by atoms with van der Waals surface area (Å²) in [4.78, 5) is 11.5. The largest absolute Gasteiger partial charge is 0.469 e. The van der Waals surface area contributed by atoms with Crippen molar-refractivity contribution in [1.29, 1.82) is 0 Å². The van der Waals surface area contributed by atoms with Crippen LogP contribution in [-0.2, 0) is 14.3 Å². The highest BCUT2D eigenvalue weighted by molar-refractivity contribution is 5.72. The van der Waals surface area contributed by atoms with Crippen LogP contribution in [0, 0.1) is 11.8 Å². The second kappa shape index (κ2) is 9.64. The molecule has 2 unspecified atom stereocenters. The molecule has 0 N–H and O–H groups in total. The minimum absolute atomic E-state index is 0.100. The molecule has 3 heteroatoms. The number of esters is 1. The fourth-order valence-electron chi connectivity index (χ4n) is 1.82. The van der Waals surface area contributed by atoms with Crippen LogP contribution in [0.3, 0.4) is 0 Å². The number of ether oxygens (including phenoxy) is 2. The molecule has 0 aliphatic carbocycles. The lowest BCUT2D eigenvalue weighted by Gasteiger charge is -2.18. The maximum absolute atomic E-state index is 11.5. The highest BCUT2D eigenvalue weighted by Crippen LogP contribution is 2.19. The Bertz CT molecular complexity index is 180. The van der Waals surface area contributed by atoms with Crippen molar-refractivity contribution in [2.45, 2.75) is 46.5 Å². The lowest BCUT2D eigenvalue weighted by atomic mass is 9.92. The first kappa shape index (κ1) is 15.4. The number of carbonyl (C=O) groups is 1. The SMILES string of the molecule is CCCCC(C)CC(COCC)C(=O)OC. The molecule has 0 fully saturated rings. The van der Waals surface area contributed by atoms with Gasteiger partial charge in [0.15, 0.2) is 0 Å². The number of hydrogen-bond acceptors (Lipinski definition) is 3. The number of rotatable bonds is 9. The highest BCUT2D eigenvalue weighted by Gasteiger charge is 2.21. The van der Waals surface area contributed by atoms with Gasteiger partial charge in [0, 0.05) is 6.61 Å². The summed E-state index contributed by atoms with van der Waals surface area (Å²) in [6, 6.07) is 0. The monoisotopic (exact) mass is 230 g/mol. The minimum atomic E-state index is -0.142. The summed E-state index contributed by atoms with van der Waals surface area (Å²) >= 11 is 0. The van der Waals surface area contributed by atoms with E-state index in [-0.39, 0.29) is 11.9 Å². The Kier molecular flexibility index (Phi) is 9.30. The summed E-state index contributed by atoms with van der Waals surface area (Å²) in [5, 5.41) is 0. The second-order valence-corrected chi connectivity index (χ2v) is 4.36. The van der Waals surface area contributed by atoms with Gasteiger partial charge in [-0.05, 0) is 19.3 Å². The van der Waals surface area contributed by atoms with E-state index >= 15 is 0 Å². The van der Waals surface area contributed by atoms with Crippen molar-refractivity contribution in [3.05, 3.63) is 0 Å². The van der Waals surface area contributed by atoms with Gasteiger partial charge in [-0.25, -0.2) is 0 Å². The molecule has 0 heterocycles. The Morgan fingerprint density at radius 3 is 2.50 bits per heavy atom. The van der Waals surface area contributed by atoms with Crippen LogP contribution in [0.2, 0.25) is 0 Å². The average Bonchev–Trinajstić information content (AvgIpc) is 2.30. The van der Waals surface area contributed by atoms with Crippen LogP contribution in [0.15, 0.2) is 0 Å². The van der Waals surface area contributed by atoms with E-state index in [2.05, 4.69) is 13.8 Å². The van der Waals surface area contributed by atoms with Crippen LogP contribution in [0.1, 0.15) is 46.5 Å². The molecule has 0 amide bonds. The van der Waals surface area contributed by atoms with Crippen molar-refractivity contribution < 1.29 is 14.3 Å². The molecule has 0 aromatic rings. The first-order valence-electron chi connectivity index (χ1n) is 6.31. The summed E-state index contributed by atoms with van der Waals surface area (Å²) in [6.45, 7) is 7.45. The number of methoxy groups -OCH3 is 1. The van der Waals surface area contributed by atoms with Crippen LogP contribution in [0.25, 0.3) is 0 Å². The Morgan fingerprint density at radius 1 is 1.31 bits per heavy atom. The Balaban J connectivity index is 4.03. The fourth-order valence-corrected chi connectivity index (χ4v) is 1.82. The predicted octanol–water partition coefficient (Wildman–Crippen LogP) is 3.03. The summed E-state index contributed by atoms with van der Waals surface area (Å²) in [5.74, 6) is 0.318. The molecule has 2 atom stereocenters. The molecular weight excluding hydrogens is 204 g/mol. The van der Waals surface area contributed by atoms with Crippen molar-refractivity contribution in [3.63, 3.8) is 0 Å². The van der Waals surface area contributed by atoms with E-state index in [4.69, 9.17) is 9.47 Å². The van der Waals surface area contributed by atoms with E-state index in [1.54, 1.807) is 0 Å². The lowest BCUT2D eigenvalue weighted by molar-refractivity contribution is -0.148. The molecule has 96 valence electrons. The van der Waals surface area contributed by atoms with Gasteiger partial charge in [-0.15, -0.1) is 0 Å². The average molecular weight is 230 g/mol. The normalized spacial score (nSPS) is 14.5. The smallest absolute Gasteiger partial charge is 0.311 e. The fraction of sp³-hybridized carbons (Fsp3) is 0.923. The topological polar surface area (TPSA) is 35.5 Å². The van der Waals surface area contributed by atoms with E-state index in [0.717, 1.165) is 6.42 Å². The molecule has 0 aliphatic heterocycles. The molecule has 0 bridgehead atoms. The lowest BCUT2D eigenvalue weighted by Crippen LogP contribution is -2.24. The molecule has 0 radical (unpaired) electrons. The van der Waals surface area contributed by atoms with Gasteiger partial charge >= 0.3 is 5.97 Å². The first-order chi connectivity index (χ1) is 7.65. The van der Waals surface area contributed by atoms with Gasteiger partial charge in [-0.2, -0.15) is 0 Å². The van der Waals surface area contributed by atoms with Gasteiger partial charge < -0.3 is 9.47 Å². The zero-order chi connectivity index (χ0) is 12.4. The van der Waals surface area contributed by atoms with Crippen molar-refractivity contribution >= 4 is 5.97 Å². The summed E-state index contributed by atoms with van der Waals surface area (Å²) in [7, 11) is 1.44. The molecule has 0 rings (SSSR count). The van der Waals surface area contributed by atoms with Crippen LogP contribution in [-0.4, -0.2) is 26.3 Å². The third kappa shape index (κ3) is 6.83. The number of hydrogen-bond donors (Lipinski definition) is 0. The van der Waals surface area contributed by atoms with Gasteiger partial charge in [-0.1, -0.05) is 33.1 Å². The third-order valence-corrected chi connectivity index (χ3v) is 2.80. The third-order valence-electron chi connectivity index (χ3n) is 2.80.